The molecule has 2 aromatic heterocycles. The Morgan fingerprint density at radius 2 is 2.30 bits per heavy atom. The van der Waals surface area contributed by atoms with Gasteiger partial charge in [-0.25, -0.2) is 4.68 Å². The standard InChI is InChI=1S/C11H11BrN4O4/c1-2-19-10(17)6-16-5-9(14-15-16)13-11(18)7-3-4-8(12)20-7/h3-5H,2,6H2,1H3,(H,13,18). The third-order valence-corrected chi connectivity index (χ3v) is 2.60. The smallest absolute Gasteiger partial charge is 0.327 e. The fraction of sp³-hybridized carbons (Fsp3) is 0.273. The van der Waals surface area contributed by atoms with Gasteiger partial charge in [-0.1, -0.05) is 5.21 Å². The van der Waals surface area contributed by atoms with Crippen LogP contribution in [-0.2, 0) is 16.1 Å². The summed E-state index contributed by atoms with van der Waals surface area (Å²) in [5.74, 6) is -0.534. The van der Waals surface area contributed by atoms with Crippen LogP contribution in [0, 0.1) is 0 Å². The molecule has 9 heteroatoms. The van der Waals surface area contributed by atoms with Crippen molar-refractivity contribution in [2.75, 3.05) is 11.9 Å². The summed E-state index contributed by atoms with van der Waals surface area (Å²) in [6.07, 6.45) is 1.42. The van der Waals surface area contributed by atoms with Gasteiger partial charge in [-0.05, 0) is 35.0 Å². The first-order valence-electron chi connectivity index (χ1n) is 5.71. The quantitative estimate of drug-likeness (QED) is 0.825. The molecule has 0 spiro atoms. The number of hydrogen-bond donors (Lipinski definition) is 1. The largest absolute Gasteiger partial charge is 0.465 e. The van der Waals surface area contributed by atoms with E-state index < -0.39 is 11.9 Å². The van der Waals surface area contributed by atoms with E-state index in [2.05, 4.69) is 31.6 Å². The number of ether oxygens (including phenoxy) is 1. The third-order valence-electron chi connectivity index (χ3n) is 2.17. The van der Waals surface area contributed by atoms with E-state index in [1.54, 1.807) is 13.0 Å². The van der Waals surface area contributed by atoms with Crippen molar-refractivity contribution in [2.24, 2.45) is 0 Å². The van der Waals surface area contributed by atoms with E-state index in [1.807, 2.05) is 0 Å². The normalized spacial score (nSPS) is 10.3. The third kappa shape index (κ3) is 3.67. The predicted octanol–water partition coefficient (Wildman–Crippen LogP) is 1.45. The van der Waals surface area contributed by atoms with Gasteiger partial charge < -0.3 is 14.5 Å². The summed E-state index contributed by atoms with van der Waals surface area (Å²) >= 11 is 3.10. The van der Waals surface area contributed by atoms with E-state index >= 15 is 0 Å². The van der Waals surface area contributed by atoms with Crippen molar-refractivity contribution in [3.63, 3.8) is 0 Å². The summed E-state index contributed by atoms with van der Waals surface area (Å²) in [6, 6.07) is 3.12. The number of nitrogens with one attached hydrogen (secondary N) is 1. The van der Waals surface area contributed by atoms with Crippen LogP contribution in [0.2, 0.25) is 0 Å². The highest BCUT2D eigenvalue weighted by molar-refractivity contribution is 9.10. The summed E-state index contributed by atoms with van der Waals surface area (Å²) in [5.41, 5.74) is 0. The Morgan fingerprint density at radius 1 is 1.50 bits per heavy atom. The highest BCUT2D eigenvalue weighted by Crippen LogP contribution is 2.15. The molecule has 0 atom stereocenters. The van der Waals surface area contributed by atoms with Crippen molar-refractivity contribution in [1.29, 1.82) is 0 Å². The second kappa shape index (κ2) is 6.33. The van der Waals surface area contributed by atoms with Crippen molar-refractivity contribution in [3.8, 4) is 0 Å². The van der Waals surface area contributed by atoms with Crippen molar-refractivity contribution >= 4 is 33.6 Å². The molecule has 0 fully saturated rings. The molecule has 0 saturated carbocycles. The molecule has 0 bridgehead atoms. The number of hydrogen-bond acceptors (Lipinski definition) is 6. The highest BCUT2D eigenvalue weighted by Gasteiger charge is 2.13. The van der Waals surface area contributed by atoms with Crippen LogP contribution in [0.5, 0.6) is 0 Å². The zero-order chi connectivity index (χ0) is 14.5. The average molecular weight is 343 g/mol. The first kappa shape index (κ1) is 14.3. The lowest BCUT2D eigenvalue weighted by Gasteiger charge is -2.00. The molecule has 106 valence electrons. The van der Waals surface area contributed by atoms with E-state index in [0.717, 1.165) is 0 Å². The van der Waals surface area contributed by atoms with Crippen LogP contribution >= 0.6 is 15.9 Å². The zero-order valence-electron chi connectivity index (χ0n) is 10.5. The van der Waals surface area contributed by atoms with Crippen LogP contribution < -0.4 is 5.32 Å². The van der Waals surface area contributed by atoms with E-state index in [-0.39, 0.29) is 18.1 Å². The number of esters is 1. The number of carbonyl (C=O) groups is 2. The number of halogens is 1. The topological polar surface area (TPSA) is 99.2 Å². The Bertz CT molecular complexity index is 621. The van der Waals surface area contributed by atoms with Crippen molar-refractivity contribution < 1.29 is 18.7 Å². The van der Waals surface area contributed by atoms with E-state index in [9.17, 15) is 9.59 Å². The monoisotopic (exact) mass is 342 g/mol. The SMILES string of the molecule is CCOC(=O)Cn1cc(NC(=O)c2ccc(Br)o2)nn1. The molecule has 2 aromatic rings. The number of carbonyl (C=O) groups excluding carboxylic acids is 2. The maximum absolute atomic E-state index is 11.8. The van der Waals surface area contributed by atoms with Crippen LogP contribution in [0.4, 0.5) is 5.82 Å². The fourth-order valence-electron chi connectivity index (χ4n) is 1.39. The van der Waals surface area contributed by atoms with Gasteiger partial charge in [0.25, 0.3) is 5.91 Å². The molecule has 0 aliphatic heterocycles. The number of aromatic nitrogens is 3. The van der Waals surface area contributed by atoms with Crippen molar-refractivity contribution in [3.05, 3.63) is 28.8 Å². The van der Waals surface area contributed by atoms with Gasteiger partial charge in [-0.3, -0.25) is 9.59 Å². The molecule has 0 aromatic carbocycles. The molecule has 8 nitrogen and oxygen atoms in total. The van der Waals surface area contributed by atoms with Gasteiger partial charge in [0, 0.05) is 0 Å². The lowest BCUT2D eigenvalue weighted by molar-refractivity contribution is -0.144. The Balaban J connectivity index is 1.95. The predicted molar refractivity (Wildman–Crippen MR) is 71.0 cm³/mol. The Hall–Kier alpha value is -2.16. The summed E-state index contributed by atoms with van der Waals surface area (Å²) in [4.78, 5) is 23.0. The fourth-order valence-corrected chi connectivity index (χ4v) is 1.69. The molecule has 2 heterocycles. The van der Waals surface area contributed by atoms with E-state index in [4.69, 9.17) is 9.15 Å². The first-order valence-corrected chi connectivity index (χ1v) is 6.50. The Labute approximate surface area is 122 Å². The number of anilines is 1. The molecule has 0 unspecified atom stereocenters. The van der Waals surface area contributed by atoms with Gasteiger partial charge in [0.05, 0.1) is 12.8 Å². The molecule has 0 aliphatic rings. The molecule has 0 saturated heterocycles. The molecule has 1 N–H and O–H groups in total. The van der Waals surface area contributed by atoms with Gasteiger partial charge in [0.15, 0.2) is 16.2 Å². The Kier molecular flexibility index (Phi) is 4.51. The minimum Gasteiger partial charge on any atom is -0.465 e. The number of nitrogens with zero attached hydrogens (tertiary/aromatic N) is 3. The second-order valence-electron chi connectivity index (χ2n) is 3.66. The molecule has 0 aliphatic carbocycles. The minimum atomic E-state index is -0.459. The first-order chi connectivity index (χ1) is 9.58. The summed E-state index contributed by atoms with van der Waals surface area (Å²) < 4.78 is 11.6. The van der Waals surface area contributed by atoms with Crippen LogP contribution in [0.3, 0.4) is 0 Å². The summed E-state index contributed by atoms with van der Waals surface area (Å²) in [7, 11) is 0. The highest BCUT2D eigenvalue weighted by atomic mass is 79.9. The van der Waals surface area contributed by atoms with Crippen LogP contribution in [0.15, 0.2) is 27.4 Å². The molecule has 2 rings (SSSR count). The lowest BCUT2D eigenvalue weighted by Crippen LogP contribution is -2.14. The van der Waals surface area contributed by atoms with Gasteiger partial charge in [0.2, 0.25) is 0 Å². The zero-order valence-corrected chi connectivity index (χ0v) is 12.1. The molecule has 20 heavy (non-hydrogen) atoms. The molecular weight excluding hydrogens is 332 g/mol. The summed E-state index contributed by atoms with van der Waals surface area (Å²) in [5, 5.41) is 9.92. The lowest BCUT2D eigenvalue weighted by atomic mass is 10.4. The number of furan rings is 1. The van der Waals surface area contributed by atoms with E-state index in [0.29, 0.717) is 11.3 Å². The molecular formula is C11H11BrN4O4. The maximum Gasteiger partial charge on any atom is 0.327 e. The van der Waals surface area contributed by atoms with Crippen LogP contribution in [0.1, 0.15) is 17.5 Å². The Morgan fingerprint density at radius 3 is 2.95 bits per heavy atom. The molecule has 0 radical (unpaired) electrons. The number of amides is 1. The summed E-state index contributed by atoms with van der Waals surface area (Å²) in [6.45, 7) is 1.94. The number of rotatable bonds is 5. The second-order valence-corrected chi connectivity index (χ2v) is 4.45. The van der Waals surface area contributed by atoms with E-state index in [1.165, 1.54) is 16.9 Å². The van der Waals surface area contributed by atoms with Gasteiger partial charge in [-0.2, -0.15) is 0 Å². The molecule has 1 amide bonds. The average Bonchev–Trinajstić information content (AvgIpc) is 2.99. The van der Waals surface area contributed by atoms with Gasteiger partial charge >= 0.3 is 5.97 Å². The van der Waals surface area contributed by atoms with Crippen molar-refractivity contribution in [2.45, 2.75) is 13.5 Å². The van der Waals surface area contributed by atoms with Gasteiger partial charge in [0.1, 0.15) is 6.54 Å². The maximum atomic E-state index is 11.8. The van der Waals surface area contributed by atoms with Crippen LogP contribution in [-0.4, -0.2) is 33.5 Å². The minimum absolute atomic E-state index is 0.0665. The van der Waals surface area contributed by atoms with Crippen molar-refractivity contribution in [1.82, 2.24) is 15.0 Å². The van der Waals surface area contributed by atoms with Crippen LogP contribution in [0.25, 0.3) is 0 Å². The van der Waals surface area contributed by atoms with Gasteiger partial charge in [-0.15, -0.1) is 5.10 Å².